The Morgan fingerprint density at radius 2 is 2.36 bits per heavy atom. The van der Waals surface area contributed by atoms with Crippen LogP contribution in [-0.4, -0.2) is 13.1 Å². The second kappa shape index (κ2) is 4.20. The molecule has 3 N–H and O–H groups in total. The Balaban J connectivity index is 2.18. The second-order valence-corrected chi connectivity index (χ2v) is 4.21. The minimum absolute atomic E-state index is 0.658. The van der Waals surface area contributed by atoms with E-state index >= 15 is 0 Å². The maximum atomic E-state index is 6.08. The van der Waals surface area contributed by atoms with Crippen LogP contribution in [0.5, 0.6) is 0 Å². The minimum Gasteiger partial charge on any atom is -0.383 e. The fourth-order valence-corrected chi connectivity index (χ4v) is 2.27. The summed E-state index contributed by atoms with van der Waals surface area (Å²) in [4.78, 5) is 0. The summed E-state index contributed by atoms with van der Waals surface area (Å²) in [6, 6.07) is 6.07. The van der Waals surface area contributed by atoms with E-state index in [-0.39, 0.29) is 0 Å². The van der Waals surface area contributed by atoms with Gasteiger partial charge in [0.1, 0.15) is 0 Å². The van der Waals surface area contributed by atoms with Crippen LogP contribution in [0.2, 0.25) is 5.02 Å². The maximum absolute atomic E-state index is 6.08. The van der Waals surface area contributed by atoms with Gasteiger partial charge in [-0.2, -0.15) is 0 Å². The van der Waals surface area contributed by atoms with Crippen molar-refractivity contribution in [1.29, 1.82) is 0 Å². The van der Waals surface area contributed by atoms with Crippen molar-refractivity contribution < 1.29 is 0 Å². The third-order valence-electron chi connectivity index (χ3n) is 2.75. The quantitative estimate of drug-likeness (QED) is 0.786. The summed E-state index contributed by atoms with van der Waals surface area (Å²) in [7, 11) is 0. The van der Waals surface area contributed by atoms with Gasteiger partial charge >= 0.3 is 0 Å². The van der Waals surface area contributed by atoms with Crippen LogP contribution in [0.4, 0.5) is 5.69 Å². The van der Waals surface area contributed by atoms with Gasteiger partial charge in [0, 0.05) is 6.54 Å². The lowest BCUT2D eigenvalue weighted by molar-refractivity contribution is 0.503. The van der Waals surface area contributed by atoms with Crippen LogP contribution in [0, 0.1) is 5.92 Å². The van der Waals surface area contributed by atoms with Gasteiger partial charge < -0.3 is 11.1 Å². The summed E-state index contributed by atoms with van der Waals surface area (Å²) in [6.07, 6.45) is 2.18. The van der Waals surface area contributed by atoms with E-state index in [2.05, 4.69) is 11.4 Å². The summed E-state index contributed by atoms with van der Waals surface area (Å²) >= 11 is 6.08. The molecule has 1 unspecified atom stereocenters. The van der Waals surface area contributed by atoms with Gasteiger partial charge in [-0.05, 0) is 36.9 Å². The number of rotatable bonds is 2. The van der Waals surface area contributed by atoms with Gasteiger partial charge in [-0.3, -0.25) is 0 Å². The molecule has 0 saturated carbocycles. The first-order valence-corrected chi connectivity index (χ1v) is 5.40. The summed E-state index contributed by atoms with van der Waals surface area (Å²) in [6.45, 7) is 1.76. The molecule has 0 spiro atoms. The number of benzene rings is 1. The smallest absolute Gasteiger partial charge is 0.0640 e. The third kappa shape index (κ3) is 1.86. The van der Waals surface area contributed by atoms with Gasteiger partial charge in [-0.1, -0.05) is 23.7 Å². The fourth-order valence-electron chi connectivity index (χ4n) is 2.01. The molecular weight excluding hydrogens is 196 g/mol. The number of anilines is 1. The molecule has 14 heavy (non-hydrogen) atoms. The van der Waals surface area contributed by atoms with E-state index in [4.69, 9.17) is 17.3 Å². The predicted octanol–water partition coefficient (Wildman–Crippen LogP) is 2.27. The number of fused-ring (bicyclic) bond motifs is 1. The first-order valence-electron chi connectivity index (χ1n) is 5.02. The highest BCUT2D eigenvalue weighted by Gasteiger charge is 2.18. The highest BCUT2D eigenvalue weighted by molar-refractivity contribution is 6.33. The SMILES string of the molecule is NCCC1CNc2c(Cl)cccc2C1. The first kappa shape index (κ1) is 9.81. The van der Waals surface area contributed by atoms with Crippen molar-refractivity contribution in [2.45, 2.75) is 12.8 Å². The zero-order valence-electron chi connectivity index (χ0n) is 8.09. The van der Waals surface area contributed by atoms with Crippen molar-refractivity contribution in [3.63, 3.8) is 0 Å². The molecule has 0 saturated heterocycles. The zero-order valence-corrected chi connectivity index (χ0v) is 8.85. The molecule has 1 aromatic carbocycles. The Kier molecular flexibility index (Phi) is 2.94. The maximum Gasteiger partial charge on any atom is 0.0640 e. The minimum atomic E-state index is 0.658. The van der Waals surface area contributed by atoms with Crippen LogP contribution in [0.1, 0.15) is 12.0 Å². The molecule has 2 nitrogen and oxygen atoms in total. The standard InChI is InChI=1S/C11H15ClN2/c12-10-3-1-2-9-6-8(4-5-13)7-14-11(9)10/h1-3,8,14H,4-7,13H2. The van der Waals surface area contributed by atoms with Gasteiger partial charge in [-0.15, -0.1) is 0 Å². The molecule has 0 radical (unpaired) electrons. The van der Waals surface area contributed by atoms with Gasteiger partial charge in [0.05, 0.1) is 10.7 Å². The van der Waals surface area contributed by atoms with Crippen molar-refractivity contribution >= 4 is 17.3 Å². The lowest BCUT2D eigenvalue weighted by atomic mass is 9.91. The van der Waals surface area contributed by atoms with Gasteiger partial charge in [0.25, 0.3) is 0 Å². The number of para-hydroxylation sites is 1. The van der Waals surface area contributed by atoms with Gasteiger partial charge in [0.15, 0.2) is 0 Å². The van der Waals surface area contributed by atoms with Crippen molar-refractivity contribution in [2.24, 2.45) is 11.7 Å². The molecule has 76 valence electrons. The number of nitrogens with one attached hydrogen (secondary N) is 1. The highest BCUT2D eigenvalue weighted by atomic mass is 35.5. The van der Waals surface area contributed by atoms with Crippen molar-refractivity contribution in [1.82, 2.24) is 0 Å². The molecule has 2 rings (SSSR count). The van der Waals surface area contributed by atoms with Crippen LogP contribution in [0.15, 0.2) is 18.2 Å². The molecule has 0 fully saturated rings. The molecule has 1 aliphatic heterocycles. The highest BCUT2D eigenvalue weighted by Crippen LogP contribution is 2.31. The average Bonchev–Trinajstić information content (AvgIpc) is 2.18. The van der Waals surface area contributed by atoms with E-state index in [1.54, 1.807) is 0 Å². The third-order valence-corrected chi connectivity index (χ3v) is 3.07. The van der Waals surface area contributed by atoms with E-state index in [0.29, 0.717) is 5.92 Å². The molecule has 0 aliphatic carbocycles. The summed E-state index contributed by atoms with van der Waals surface area (Å²) in [5.41, 5.74) is 7.99. The monoisotopic (exact) mass is 210 g/mol. The van der Waals surface area contributed by atoms with Crippen molar-refractivity contribution in [2.75, 3.05) is 18.4 Å². The molecule has 1 aromatic rings. The van der Waals surface area contributed by atoms with Gasteiger partial charge in [0.2, 0.25) is 0 Å². The van der Waals surface area contributed by atoms with Crippen LogP contribution in [-0.2, 0) is 6.42 Å². The molecular formula is C11H15ClN2. The van der Waals surface area contributed by atoms with Crippen molar-refractivity contribution in [3.05, 3.63) is 28.8 Å². The van der Waals surface area contributed by atoms with Gasteiger partial charge in [-0.25, -0.2) is 0 Å². The lowest BCUT2D eigenvalue weighted by Gasteiger charge is -2.26. The van der Waals surface area contributed by atoms with E-state index < -0.39 is 0 Å². The number of halogens is 1. The van der Waals surface area contributed by atoms with E-state index in [1.165, 1.54) is 5.56 Å². The molecule has 1 atom stereocenters. The van der Waals surface area contributed by atoms with E-state index in [9.17, 15) is 0 Å². The normalized spacial score (nSPS) is 20.0. The van der Waals surface area contributed by atoms with Crippen LogP contribution < -0.4 is 11.1 Å². The number of hydrogen-bond acceptors (Lipinski definition) is 2. The lowest BCUT2D eigenvalue weighted by Crippen LogP contribution is -2.25. The Morgan fingerprint density at radius 3 is 3.14 bits per heavy atom. The van der Waals surface area contributed by atoms with E-state index in [1.807, 2.05) is 12.1 Å². The Hall–Kier alpha value is -0.730. The molecule has 1 aliphatic rings. The fraction of sp³-hybridized carbons (Fsp3) is 0.455. The Labute approximate surface area is 89.4 Å². The first-order chi connectivity index (χ1) is 6.81. The average molecular weight is 211 g/mol. The van der Waals surface area contributed by atoms with Crippen LogP contribution in [0.3, 0.4) is 0 Å². The van der Waals surface area contributed by atoms with E-state index in [0.717, 1.165) is 36.6 Å². The van der Waals surface area contributed by atoms with Crippen LogP contribution >= 0.6 is 11.6 Å². The molecule has 1 heterocycles. The molecule has 0 amide bonds. The summed E-state index contributed by atoms with van der Waals surface area (Å²) < 4.78 is 0. The second-order valence-electron chi connectivity index (χ2n) is 3.80. The topological polar surface area (TPSA) is 38.0 Å². The largest absolute Gasteiger partial charge is 0.383 e. The number of hydrogen-bond donors (Lipinski definition) is 2. The summed E-state index contributed by atoms with van der Waals surface area (Å²) in [5.74, 6) is 0.658. The molecule has 0 aromatic heterocycles. The van der Waals surface area contributed by atoms with Crippen LogP contribution in [0.25, 0.3) is 0 Å². The molecule has 0 bridgehead atoms. The predicted molar refractivity (Wildman–Crippen MR) is 60.8 cm³/mol. The van der Waals surface area contributed by atoms with Crippen molar-refractivity contribution in [3.8, 4) is 0 Å². The zero-order chi connectivity index (χ0) is 9.97. The Bertz CT molecular complexity index is 325. The number of nitrogens with two attached hydrogens (primary N) is 1. The molecule has 3 heteroatoms. The summed E-state index contributed by atoms with van der Waals surface area (Å²) in [5, 5.41) is 4.21. The Morgan fingerprint density at radius 1 is 1.50 bits per heavy atom.